The predicted octanol–water partition coefficient (Wildman–Crippen LogP) is 3.45. The molecular formula is C13H13BrN4S. The van der Waals surface area contributed by atoms with Crippen LogP contribution in [-0.2, 0) is 13.0 Å². The monoisotopic (exact) mass is 336 g/mol. The lowest BCUT2D eigenvalue weighted by Crippen LogP contribution is -2.05. The number of hydrogen-bond acceptors (Lipinski definition) is 4. The smallest absolute Gasteiger partial charge is 0.202 e. The van der Waals surface area contributed by atoms with Crippen LogP contribution < -0.4 is 5.73 Å². The summed E-state index contributed by atoms with van der Waals surface area (Å²) in [4.78, 5) is 10.1. The molecule has 0 saturated heterocycles. The van der Waals surface area contributed by atoms with Gasteiger partial charge in [-0.15, -0.1) is 11.3 Å². The first-order chi connectivity index (χ1) is 9.19. The Morgan fingerprint density at radius 2 is 2.32 bits per heavy atom. The number of imidazole rings is 1. The first-order valence-electron chi connectivity index (χ1n) is 6.01. The fourth-order valence-electron chi connectivity index (χ4n) is 2.12. The molecule has 98 valence electrons. The van der Waals surface area contributed by atoms with Crippen LogP contribution in [0.3, 0.4) is 0 Å². The number of anilines is 1. The van der Waals surface area contributed by atoms with Crippen molar-refractivity contribution < 1.29 is 0 Å². The number of halogens is 1. The normalized spacial score (nSPS) is 11.3. The average molecular weight is 337 g/mol. The molecule has 0 spiro atoms. The quantitative estimate of drug-likeness (QED) is 0.796. The Morgan fingerprint density at radius 3 is 3.11 bits per heavy atom. The number of hydrogen-bond donors (Lipinski definition) is 1. The van der Waals surface area contributed by atoms with Crippen molar-refractivity contribution >= 4 is 44.4 Å². The molecule has 0 atom stereocenters. The molecule has 0 aliphatic carbocycles. The van der Waals surface area contributed by atoms with Crippen molar-refractivity contribution in [1.82, 2.24) is 14.5 Å². The van der Waals surface area contributed by atoms with Gasteiger partial charge in [0.15, 0.2) is 5.65 Å². The molecule has 0 fully saturated rings. The van der Waals surface area contributed by atoms with E-state index in [0.29, 0.717) is 5.95 Å². The molecule has 3 aromatic heterocycles. The second-order valence-corrected chi connectivity index (χ2v) is 6.19. The number of pyridine rings is 1. The molecule has 3 aromatic rings. The van der Waals surface area contributed by atoms with Crippen molar-refractivity contribution in [2.75, 3.05) is 5.73 Å². The van der Waals surface area contributed by atoms with Crippen molar-refractivity contribution in [3.63, 3.8) is 0 Å². The van der Waals surface area contributed by atoms with Crippen molar-refractivity contribution in [1.29, 1.82) is 0 Å². The highest BCUT2D eigenvalue weighted by molar-refractivity contribution is 9.10. The number of aromatic nitrogens is 3. The molecular weight excluding hydrogens is 324 g/mol. The largest absolute Gasteiger partial charge is 0.369 e. The minimum atomic E-state index is 0.510. The molecule has 3 heterocycles. The van der Waals surface area contributed by atoms with E-state index in [0.717, 1.165) is 28.6 Å². The van der Waals surface area contributed by atoms with Gasteiger partial charge in [-0.2, -0.15) is 0 Å². The molecule has 0 aliphatic rings. The van der Waals surface area contributed by atoms with Gasteiger partial charge >= 0.3 is 0 Å². The number of aryl methyl sites for hydroxylation is 1. The maximum Gasteiger partial charge on any atom is 0.202 e. The summed E-state index contributed by atoms with van der Waals surface area (Å²) in [5, 5.41) is 2.12. The molecule has 0 unspecified atom stereocenters. The summed E-state index contributed by atoms with van der Waals surface area (Å²) in [6.45, 7) is 2.90. The van der Waals surface area contributed by atoms with Gasteiger partial charge in [0.1, 0.15) is 5.52 Å². The van der Waals surface area contributed by atoms with Gasteiger partial charge in [0, 0.05) is 15.5 Å². The van der Waals surface area contributed by atoms with Crippen LogP contribution >= 0.6 is 27.3 Å². The Labute approximate surface area is 123 Å². The van der Waals surface area contributed by atoms with E-state index < -0.39 is 0 Å². The third-order valence-electron chi connectivity index (χ3n) is 3.10. The Bertz CT molecular complexity index is 731. The van der Waals surface area contributed by atoms with Gasteiger partial charge in [-0.05, 0) is 45.4 Å². The summed E-state index contributed by atoms with van der Waals surface area (Å²) in [7, 11) is 0. The number of nitrogen functional groups attached to an aromatic ring is 1. The highest BCUT2D eigenvalue weighted by atomic mass is 79.9. The molecule has 0 bridgehead atoms. The van der Waals surface area contributed by atoms with Crippen molar-refractivity contribution in [2.45, 2.75) is 19.9 Å². The molecule has 3 rings (SSSR count). The zero-order valence-corrected chi connectivity index (χ0v) is 12.8. The Balaban J connectivity index is 2.08. The summed E-state index contributed by atoms with van der Waals surface area (Å²) in [5.74, 6) is 0.510. The molecule has 19 heavy (non-hydrogen) atoms. The third kappa shape index (κ3) is 2.26. The summed E-state index contributed by atoms with van der Waals surface area (Å²) < 4.78 is 2.88. The minimum absolute atomic E-state index is 0.510. The highest BCUT2D eigenvalue weighted by Crippen LogP contribution is 2.24. The maximum absolute atomic E-state index is 6.01. The van der Waals surface area contributed by atoms with E-state index in [2.05, 4.69) is 44.3 Å². The van der Waals surface area contributed by atoms with Crippen LogP contribution in [0.15, 0.2) is 28.2 Å². The average Bonchev–Trinajstić information content (AvgIpc) is 2.95. The van der Waals surface area contributed by atoms with Crippen LogP contribution in [0.4, 0.5) is 5.95 Å². The van der Waals surface area contributed by atoms with Gasteiger partial charge in [0.2, 0.25) is 5.95 Å². The fraction of sp³-hybridized carbons (Fsp3) is 0.231. The second kappa shape index (κ2) is 4.94. The second-order valence-electron chi connectivity index (χ2n) is 4.27. The van der Waals surface area contributed by atoms with E-state index in [4.69, 9.17) is 5.73 Å². The molecule has 0 aromatic carbocycles. The Morgan fingerprint density at radius 1 is 1.47 bits per heavy atom. The predicted molar refractivity (Wildman–Crippen MR) is 82.4 cm³/mol. The Kier molecular flexibility index (Phi) is 3.28. The van der Waals surface area contributed by atoms with Crippen LogP contribution in [0.1, 0.15) is 17.4 Å². The molecule has 0 amide bonds. The van der Waals surface area contributed by atoms with E-state index in [9.17, 15) is 0 Å². The van der Waals surface area contributed by atoms with Crippen LogP contribution in [0.5, 0.6) is 0 Å². The zero-order chi connectivity index (χ0) is 13.4. The number of nitrogens with two attached hydrogens (primary N) is 1. The van der Waals surface area contributed by atoms with E-state index in [1.807, 2.05) is 10.6 Å². The van der Waals surface area contributed by atoms with Gasteiger partial charge in [0.25, 0.3) is 0 Å². The van der Waals surface area contributed by atoms with Crippen LogP contribution in [-0.4, -0.2) is 14.5 Å². The fourth-order valence-corrected chi connectivity index (χ4v) is 3.41. The molecule has 6 heteroatoms. The number of rotatable bonds is 3. The zero-order valence-electron chi connectivity index (χ0n) is 10.4. The SMILES string of the molecule is CCc1ccsc1Cn1c(N)nc2cc(Br)cnc21. The highest BCUT2D eigenvalue weighted by Gasteiger charge is 2.12. The standard InChI is InChI=1S/C13H13BrN4S/c1-2-8-3-4-19-11(8)7-18-12-10(17-13(18)15)5-9(14)6-16-12/h3-6H,2,7H2,1H3,(H2,15,17). The first-order valence-corrected chi connectivity index (χ1v) is 7.68. The molecule has 2 N–H and O–H groups in total. The van der Waals surface area contributed by atoms with Gasteiger partial charge in [0.05, 0.1) is 6.54 Å². The maximum atomic E-state index is 6.01. The summed E-state index contributed by atoms with van der Waals surface area (Å²) in [5.41, 5.74) is 9.03. The number of fused-ring (bicyclic) bond motifs is 1. The minimum Gasteiger partial charge on any atom is -0.369 e. The lowest BCUT2D eigenvalue weighted by molar-refractivity contribution is 0.831. The van der Waals surface area contributed by atoms with Crippen molar-refractivity contribution in [2.24, 2.45) is 0 Å². The van der Waals surface area contributed by atoms with Gasteiger partial charge in [-0.25, -0.2) is 9.97 Å². The summed E-state index contributed by atoms with van der Waals surface area (Å²) >= 11 is 5.15. The number of thiophene rings is 1. The van der Waals surface area contributed by atoms with Crippen LogP contribution in [0.2, 0.25) is 0 Å². The molecule has 0 aliphatic heterocycles. The van der Waals surface area contributed by atoms with Crippen molar-refractivity contribution in [3.8, 4) is 0 Å². The van der Waals surface area contributed by atoms with E-state index in [-0.39, 0.29) is 0 Å². The first kappa shape index (κ1) is 12.6. The van der Waals surface area contributed by atoms with Crippen molar-refractivity contribution in [3.05, 3.63) is 38.6 Å². The molecule has 0 saturated carbocycles. The molecule has 4 nitrogen and oxygen atoms in total. The third-order valence-corrected chi connectivity index (χ3v) is 4.48. The van der Waals surface area contributed by atoms with E-state index in [1.54, 1.807) is 17.5 Å². The van der Waals surface area contributed by atoms with Crippen LogP contribution in [0, 0.1) is 0 Å². The topological polar surface area (TPSA) is 56.7 Å². The Hall–Kier alpha value is -1.40. The van der Waals surface area contributed by atoms with Gasteiger partial charge in [-0.3, -0.25) is 4.57 Å². The lowest BCUT2D eigenvalue weighted by atomic mass is 10.2. The van der Waals surface area contributed by atoms with Crippen LogP contribution in [0.25, 0.3) is 11.2 Å². The molecule has 0 radical (unpaired) electrons. The summed E-state index contributed by atoms with van der Waals surface area (Å²) in [6, 6.07) is 4.10. The summed E-state index contributed by atoms with van der Waals surface area (Å²) in [6.07, 6.45) is 2.81. The van der Waals surface area contributed by atoms with Gasteiger partial charge < -0.3 is 5.73 Å². The van der Waals surface area contributed by atoms with E-state index in [1.165, 1.54) is 10.4 Å². The lowest BCUT2D eigenvalue weighted by Gasteiger charge is -2.06. The van der Waals surface area contributed by atoms with Gasteiger partial charge in [-0.1, -0.05) is 6.92 Å². The van der Waals surface area contributed by atoms with E-state index >= 15 is 0 Å². The number of nitrogens with zero attached hydrogens (tertiary/aromatic N) is 3.